The molecule has 4 aliphatic heterocycles. The molecule has 6 fully saturated rings. The first-order chi connectivity index (χ1) is 32.7. The van der Waals surface area contributed by atoms with Crippen molar-refractivity contribution in [3.8, 4) is 5.75 Å². The van der Waals surface area contributed by atoms with Crippen molar-refractivity contribution >= 4 is 52.0 Å². The van der Waals surface area contributed by atoms with E-state index in [1.807, 2.05) is 53.7 Å². The molecule has 4 saturated heterocycles. The number of imide groups is 1. The van der Waals surface area contributed by atoms with Crippen LogP contribution in [0.25, 0.3) is 11.2 Å². The molecule has 2 aliphatic carbocycles. The molecule has 0 bridgehead atoms. The predicted molar refractivity (Wildman–Crippen MR) is 253 cm³/mol. The molecule has 3 aromatic carbocycles. The van der Waals surface area contributed by atoms with Gasteiger partial charge in [-0.05, 0) is 111 Å². The molecule has 6 aliphatic rings. The highest BCUT2D eigenvalue weighted by atomic mass is 16.5. The van der Waals surface area contributed by atoms with E-state index in [9.17, 15) is 19.2 Å². The summed E-state index contributed by atoms with van der Waals surface area (Å²) in [5.74, 6) is 0.382. The zero-order chi connectivity index (χ0) is 45.5. The van der Waals surface area contributed by atoms with Gasteiger partial charge >= 0.3 is 0 Å². The second-order valence-electron chi connectivity index (χ2n) is 19.7. The van der Waals surface area contributed by atoms with Crippen LogP contribution < -0.4 is 25.6 Å². The van der Waals surface area contributed by atoms with Crippen LogP contribution in [0.2, 0.25) is 0 Å². The highest BCUT2D eigenvalue weighted by Crippen LogP contribution is 2.51. The van der Waals surface area contributed by atoms with E-state index in [0.29, 0.717) is 48.3 Å². The molecule has 2 aromatic heterocycles. The van der Waals surface area contributed by atoms with Crippen molar-refractivity contribution in [1.29, 1.82) is 0 Å². The van der Waals surface area contributed by atoms with Crippen LogP contribution in [0, 0.1) is 5.41 Å². The van der Waals surface area contributed by atoms with Crippen LogP contribution in [0.5, 0.6) is 5.75 Å². The van der Waals surface area contributed by atoms with Gasteiger partial charge in [-0.15, -0.1) is 0 Å². The SMILES string of the molecule is O=C1CCC(c2cccc(OCC(=O)N3CC(N4CCC5(CC4)CC(N4CCN(c6ccc(Nc7ncnc8c7ncn8C7CC(NC(=O)Cc8ccccc8)C7)cc6)CC4)C5)C3)c2)C(=O)N1. The maximum Gasteiger partial charge on any atom is 0.260 e. The van der Waals surface area contributed by atoms with E-state index in [-0.39, 0.29) is 48.2 Å². The summed E-state index contributed by atoms with van der Waals surface area (Å²) >= 11 is 0. The smallest absolute Gasteiger partial charge is 0.260 e. The van der Waals surface area contributed by atoms with E-state index in [4.69, 9.17) is 9.72 Å². The van der Waals surface area contributed by atoms with Gasteiger partial charge in [-0.25, -0.2) is 15.0 Å². The molecule has 16 heteroatoms. The minimum absolute atomic E-state index is 0.0139. The molecule has 11 rings (SSSR count). The quantitative estimate of drug-likeness (QED) is 0.138. The first kappa shape index (κ1) is 43.2. The molecular weight excluding hydrogens is 847 g/mol. The number of anilines is 3. The summed E-state index contributed by atoms with van der Waals surface area (Å²) < 4.78 is 7.98. The highest BCUT2D eigenvalue weighted by Gasteiger charge is 2.49. The third kappa shape index (κ3) is 9.20. The number of nitrogens with one attached hydrogen (secondary N) is 3. The molecule has 4 amide bonds. The summed E-state index contributed by atoms with van der Waals surface area (Å²) in [4.78, 5) is 73.0. The third-order valence-corrected chi connectivity index (χ3v) is 15.6. The molecule has 6 heterocycles. The molecule has 348 valence electrons. The van der Waals surface area contributed by atoms with E-state index in [2.05, 4.69) is 69.5 Å². The number of amides is 4. The van der Waals surface area contributed by atoms with Gasteiger partial charge in [0.05, 0.1) is 18.7 Å². The molecular formula is C51H59N11O5. The minimum atomic E-state index is -0.383. The van der Waals surface area contributed by atoms with Crippen molar-refractivity contribution in [2.45, 2.75) is 87.9 Å². The lowest BCUT2D eigenvalue weighted by molar-refractivity contribution is -0.142. The maximum absolute atomic E-state index is 13.0. The number of piperidine rings is 2. The van der Waals surface area contributed by atoms with Crippen LogP contribution in [0.15, 0.2) is 91.5 Å². The van der Waals surface area contributed by atoms with Gasteiger partial charge in [-0.2, -0.15) is 0 Å². The monoisotopic (exact) mass is 905 g/mol. The predicted octanol–water partition coefficient (Wildman–Crippen LogP) is 4.81. The molecule has 3 N–H and O–H groups in total. The maximum atomic E-state index is 13.0. The van der Waals surface area contributed by atoms with Gasteiger partial charge in [-0.3, -0.25) is 34.3 Å². The number of imidazole rings is 1. The number of carbonyl (C=O) groups is 4. The number of rotatable bonds is 13. The topological polar surface area (TPSA) is 170 Å². The summed E-state index contributed by atoms with van der Waals surface area (Å²) in [6.07, 6.45) is 11.4. The fraction of sp³-hybridized carbons (Fsp3) is 0.471. The molecule has 16 nitrogen and oxygen atoms in total. The number of likely N-dealkylation sites (tertiary alicyclic amines) is 2. The number of hydrogen-bond acceptors (Lipinski definition) is 12. The number of ether oxygens (including phenoxy) is 1. The standard InChI is InChI=1S/C51H59N11O5/c63-44-14-13-43(50(66)57-44)35-7-4-8-42(24-35)67-31-46(65)61-29-41(30-61)58-17-15-51(16-18-58)27-40(28-51)60-21-19-59(20-22-60)38-11-9-36(10-12-38)56-48-47-49(53-32-52-48)62(33-54-47)39-25-37(26-39)55-45(64)23-34-5-2-1-3-6-34/h1-12,24,32-33,37,39-41,43H,13-23,25-31H2,(H,55,64)(H,52,53,56)(H,57,63,66). The normalized spacial score (nSPS) is 23.6. The Bertz CT molecular complexity index is 2600. The van der Waals surface area contributed by atoms with Gasteiger partial charge < -0.3 is 29.7 Å². The number of carbonyl (C=O) groups excluding carboxylic acids is 4. The minimum Gasteiger partial charge on any atom is -0.484 e. The second-order valence-corrected chi connectivity index (χ2v) is 19.7. The Morgan fingerprint density at radius 3 is 2.33 bits per heavy atom. The summed E-state index contributed by atoms with van der Waals surface area (Å²) in [7, 11) is 0. The van der Waals surface area contributed by atoms with Crippen molar-refractivity contribution in [2.24, 2.45) is 5.41 Å². The Morgan fingerprint density at radius 1 is 0.806 bits per heavy atom. The molecule has 0 radical (unpaired) electrons. The number of benzene rings is 3. The van der Waals surface area contributed by atoms with E-state index >= 15 is 0 Å². The highest BCUT2D eigenvalue weighted by molar-refractivity contribution is 6.01. The Hall–Kier alpha value is -6.39. The number of fused-ring (bicyclic) bond motifs is 1. The first-order valence-electron chi connectivity index (χ1n) is 24.2. The zero-order valence-electron chi connectivity index (χ0n) is 37.9. The van der Waals surface area contributed by atoms with Crippen LogP contribution in [-0.2, 0) is 25.6 Å². The van der Waals surface area contributed by atoms with Crippen molar-refractivity contribution < 1.29 is 23.9 Å². The summed E-state index contributed by atoms with van der Waals surface area (Å²) in [6, 6.07) is 27.2. The lowest BCUT2D eigenvalue weighted by atomic mass is 9.59. The van der Waals surface area contributed by atoms with E-state index in [1.165, 1.54) is 31.4 Å². The first-order valence-corrected chi connectivity index (χ1v) is 24.2. The molecule has 67 heavy (non-hydrogen) atoms. The summed E-state index contributed by atoms with van der Waals surface area (Å²) in [5.41, 5.74) is 6.00. The Kier molecular flexibility index (Phi) is 11.8. The van der Waals surface area contributed by atoms with Crippen molar-refractivity contribution in [1.82, 2.24) is 44.9 Å². The Balaban J connectivity index is 0.584. The van der Waals surface area contributed by atoms with Gasteiger partial charge in [0.25, 0.3) is 5.91 Å². The number of piperazine rings is 1. The van der Waals surface area contributed by atoms with Crippen LogP contribution in [0.1, 0.15) is 74.5 Å². The lowest BCUT2D eigenvalue weighted by Crippen LogP contribution is -2.65. The van der Waals surface area contributed by atoms with Crippen molar-refractivity contribution in [2.75, 3.05) is 69.2 Å². The fourth-order valence-electron chi connectivity index (χ4n) is 11.4. The number of aromatic nitrogens is 4. The molecule has 1 unspecified atom stereocenters. The fourth-order valence-corrected chi connectivity index (χ4v) is 11.4. The van der Waals surface area contributed by atoms with Crippen LogP contribution in [0.4, 0.5) is 17.2 Å². The molecule has 5 aromatic rings. The van der Waals surface area contributed by atoms with Gasteiger partial charge in [0.1, 0.15) is 12.1 Å². The van der Waals surface area contributed by atoms with Crippen LogP contribution in [0.3, 0.4) is 0 Å². The average molecular weight is 906 g/mol. The third-order valence-electron chi connectivity index (χ3n) is 15.6. The second kappa shape index (κ2) is 18.4. The van der Waals surface area contributed by atoms with Crippen LogP contribution in [-0.4, -0.2) is 135 Å². The molecule has 1 spiro atoms. The lowest BCUT2D eigenvalue weighted by Gasteiger charge is -2.58. The summed E-state index contributed by atoms with van der Waals surface area (Å²) in [5, 5.41) is 9.07. The van der Waals surface area contributed by atoms with E-state index < -0.39 is 0 Å². The van der Waals surface area contributed by atoms with Gasteiger partial charge in [-0.1, -0.05) is 42.5 Å². The van der Waals surface area contributed by atoms with E-state index in [1.54, 1.807) is 18.5 Å². The summed E-state index contributed by atoms with van der Waals surface area (Å²) in [6.45, 7) is 7.87. The van der Waals surface area contributed by atoms with Crippen molar-refractivity contribution in [3.63, 3.8) is 0 Å². The zero-order valence-corrected chi connectivity index (χ0v) is 37.9. The number of hydrogen-bond donors (Lipinski definition) is 3. The molecule has 1 atom stereocenters. The van der Waals surface area contributed by atoms with Crippen LogP contribution >= 0.6 is 0 Å². The number of nitrogens with zero attached hydrogens (tertiary/aromatic N) is 8. The largest absolute Gasteiger partial charge is 0.484 e. The average Bonchev–Trinajstić information content (AvgIpc) is 3.74. The van der Waals surface area contributed by atoms with Gasteiger partial charge in [0, 0.05) is 81.2 Å². The van der Waals surface area contributed by atoms with Gasteiger partial charge in [0.2, 0.25) is 17.7 Å². The van der Waals surface area contributed by atoms with E-state index in [0.717, 1.165) is 93.2 Å². The Labute approximate surface area is 390 Å². The van der Waals surface area contributed by atoms with Crippen molar-refractivity contribution in [3.05, 3.63) is 103 Å². The molecule has 2 saturated carbocycles. The van der Waals surface area contributed by atoms with Gasteiger partial charge in [0.15, 0.2) is 23.6 Å². The Morgan fingerprint density at radius 2 is 1.57 bits per heavy atom.